The fourth-order valence-electron chi connectivity index (χ4n) is 3.72. The Morgan fingerprint density at radius 3 is 2.53 bits per heavy atom. The fourth-order valence-corrected chi connectivity index (χ4v) is 3.72. The van der Waals surface area contributed by atoms with Gasteiger partial charge in [0.2, 0.25) is 6.41 Å². The first-order valence-electron chi connectivity index (χ1n) is 9.84. The van der Waals surface area contributed by atoms with Crippen molar-refractivity contribution in [3.63, 3.8) is 0 Å². The number of hydrogen-bond donors (Lipinski definition) is 2. The van der Waals surface area contributed by atoms with Gasteiger partial charge in [-0.05, 0) is 65.8 Å². The van der Waals surface area contributed by atoms with Crippen LogP contribution >= 0.6 is 0 Å². The third kappa shape index (κ3) is 4.81. The van der Waals surface area contributed by atoms with E-state index in [0.717, 1.165) is 41.0 Å². The number of aromatic nitrogens is 2. The number of anilines is 1. The predicted octanol–water partition coefficient (Wildman–Crippen LogP) is 5.35. The molecule has 0 aliphatic rings. The van der Waals surface area contributed by atoms with Crippen LogP contribution in [-0.2, 0) is 17.6 Å². The van der Waals surface area contributed by atoms with Crippen molar-refractivity contribution >= 4 is 12.1 Å². The molecule has 2 N–H and O–H groups in total. The minimum atomic E-state index is -0.234. The highest BCUT2D eigenvalue weighted by molar-refractivity contribution is 5.71. The van der Waals surface area contributed by atoms with Crippen LogP contribution in [0.1, 0.15) is 22.6 Å². The van der Waals surface area contributed by atoms with Crippen LogP contribution in [-0.4, -0.2) is 16.4 Å². The third-order valence-electron chi connectivity index (χ3n) is 5.16. The average Bonchev–Trinajstić information content (AvgIpc) is 3.31. The van der Waals surface area contributed by atoms with Crippen LogP contribution in [0.25, 0.3) is 11.4 Å². The second kappa shape index (κ2) is 9.18. The molecule has 1 aromatic heterocycles. The van der Waals surface area contributed by atoms with Crippen molar-refractivity contribution in [2.45, 2.75) is 18.8 Å². The van der Waals surface area contributed by atoms with Crippen molar-refractivity contribution < 1.29 is 9.18 Å². The molecule has 0 spiro atoms. The maximum atomic E-state index is 13.4. The van der Waals surface area contributed by atoms with Gasteiger partial charge in [0.05, 0.1) is 0 Å². The Balaban J connectivity index is 1.66. The van der Waals surface area contributed by atoms with Crippen LogP contribution in [0.4, 0.5) is 10.1 Å². The van der Waals surface area contributed by atoms with E-state index in [1.807, 2.05) is 48.7 Å². The summed E-state index contributed by atoms with van der Waals surface area (Å²) in [5, 5.41) is 2.71. The molecule has 0 bridgehead atoms. The number of H-pyrrole nitrogens is 1. The summed E-state index contributed by atoms with van der Waals surface area (Å²) in [7, 11) is 0. The second-order valence-electron chi connectivity index (χ2n) is 7.26. The van der Waals surface area contributed by atoms with Gasteiger partial charge in [0.25, 0.3) is 0 Å². The van der Waals surface area contributed by atoms with E-state index in [4.69, 9.17) is 0 Å². The Kier molecular flexibility index (Phi) is 5.99. The van der Waals surface area contributed by atoms with Crippen molar-refractivity contribution in [3.8, 4) is 11.4 Å². The number of nitrogens with one attached hydrogen (secondary N) is 2. The van der Waals surface area contributed by atoms with E-state index in [1.165, 1.54) is 17.7 Å². The molecule has 1 heterocycles. The Bertz CT molecular complexity index is 1110. The Morgan fingerprint density at radius 1 is 0.967 bits per heavy atom. The van der Waals surface area contributed by atoms with E-state index in [2.05, 4.69) is 33.5 Å². The first-order valence-corrected chi connectivity index (χ1v) is 9.84. The van der Waals surface area contributed by atoms with Crippen LogP contribution in [0.15, 0.2) is 85.2 Å². The number of nitrogens with zero attached hydrogens (tertiary/aromatic N) is 1. The molecule has 0 saturated heterocycles. The summed E-state index contributed by atoms with van der Waals surface area (Å²) in [4.78, 5) is 18.3. The molecule has 4 aromatic rings. The topological polar surface area (TPSA) is 57.8 Å². The molecule has 1 unspecified atom stereocenters. The number of halogens is 1. The van der Waals surface area contributed by atoms with Gasteiger partial charge in [-0.1, -0.05) is 42.5 Å². The Morgan fingerprint density at radius 2 is 1.77 bits per heavy atom. The van der Waals surface area contributed by atoms with Gasteiger partial charge in [0.1, 0.15) is 11.6 Å². The molecule has 4 nitrogen and oxygen atoms in total. The van der Waals surface area contributed by atoms with E-state index < -0.39 is 0 Å². The number of hydrogen-bond acceptors (Lipinski definition) is 2. The lowest BCUT2D eigenvalue weighted by Gasteiger charge is -2.19. The smallest absolute Gasteiger partial charge is 0.211 e. The summed E-state index contributed by atoms with van der Waals surface area (Å²) in [5.74, 6) is 0.772. The first kappa shape index (κ1) is 19.6. The van der Waals surface area contributed by atoms with Crippen LogP contribution in [0.2, 0.25) is 0 Å². The number of carbonyl (C=O) groups is 1. The van der Waals surface area contributed by atoms with Gasteiger partial charge in [-0.15, -0.1) is 0 Å². The molecule has 1 atom stereocenters. The number of aromatic amines is 1. The summed E-state index contributed by atoms with van der Waals surface area (Å²) < 4.78 is 13.4. The summed E-state index contributed by atoms with van der Waals surface area (Å²) in [6, 6.07) is 22.9. The Labute approximate surface area is 174 Å². The van der Waals surface area contributed by atoms with Crippen molar-refractivity contribution in [2.24, 2.45) is 0 Å². The van der Waals surface area contributed by atoms with E-state index in [-0.39, 0.29) is 11.7 Å². The van der Waals surface area contributed by atoms with Crippen LogP contribution < -0.4 is 5.32 Å². The quantitative estimate of drug-likeness (QED) is 0.392. The molecule has 150 valence electrons. The van der Waals surface area contributed by atoms with Gasteiger partial charge < -0.3 is 10.3 Å². The number of amides is 1. The van der Waals surface area contributed by atoms with Crippen molar-refractivity contribution in [1.29, 1.82) is 0 Å². The van der Waals surface area contributed by atoms with Gasteiger partial charge in [0, 0.05) is 23.6 Å². The predicted molar refractivity (Wildman–Crippen MR) is 117 cm³/mol. The monoisotopic (exact) mass is 399 g/mol. The SMILES string of the molecule is O=CNc1cccc(CC(Cc2ccc(F)cc2)c2cccc(-c3ncc[nH]3)c2)c1. The highest BCUT2D eigenvalue weighted by atomic mass is 19.1. The maximum absolute atomic E-state index is 13.4. The molecule has 4 rings (SSSR count). The summed E-state index contributed by atoms with van der Waals surface area (Å²) in [6.07, 6.45) is 5.79. The fraction of sp³-hybridized carbons (Fsp3) is 0.120. The van der Waals surface area contributed by atoms with Gasteiger partial charge in [-0.25, -0.2) is 9.37 Å². The zero-order chi connectivity index (χ0) is 20.8. The largest absolute Gasteiger partial charge is 0.345 e. The standard InChI is InChI=1S/C25H22FN3O/c26-23-9-7-18(8-10-23)13-22(14-19-3-1-6-24(15-19)29-17-30)20-4-2-5-21(16-20)25-27-11-12-28-25/h1-12,15-17,22H,13-14H2,(H,27,28)(H,29,30). The van der Waals surface area contributed by atoms with E-state index in [0.29, 0.717) is 6.41 Å². The molecule has 0 aliphatic heterocycles. The highest BCUT2D eigenvalue weighted by Crippen LogP contribution is 2.29. The van der Waals surface area contributed by atoms with E-state index in [9.17, 15) is 9.18 Å². The molecule has 1 amide bonds. The van der Waals surface area contributed by atoms with Crippen molar-refractivity contribution in [2.75, 3.05) is 5.32 Å². The van der Waals surface area contributed by atoms with Gasteiger partial charge in [0.15, 0.2) is 0 Å². The van der Waals surface area contributed by atoms with Gasteiger partial charge in [-0.2, -0.15) is 0 Å². The molecule has 0 aliphatic carbocycles. The first-order chi connectivity index (χ1) is 14.7. The molecule has 0 saturated carbocycles. The average molecular weight is 399 g/mol. The molecule has 5 heteroatoms. The highest BCUT2D eigenvalue weighted by Gasteiger charge is 2.15. The summed E-state index contributed by atoms with van der Waals surface area (Å²) in [6.45, 7) is 0. The van der Waals surface area contributed by atoms with E-state index in [1.54, 1.807) is 6.20 Å². The van der Waals surface area contributed by atoms with E-state index >= 15 is 0 Å². The molecule has 0 radical (unpaired) electrons. The number of imidazole rings is 1. The van der Waals surface area contributed by atoms with Crippen molar-refractivity contribution in [1.82, 2.24) is 9.97 Å². The van der Waals surface area contributed by atoms with Crippen LogP contribution in [0, 0.1) is 5.82 Å². The third-order valence-corrected chi connectivity index (χ3v) is 5.16. The van der Waals surface area contributed by atoms with Crippen LogP contribution in [0.3, 0.4) is 0 Å². The molecule has 30 heavy (non-hydrogen) atoms. The lowest BCUT2D eigenvalue weighted by Crippen LogP contribution is -2.08. The normalized spacial score (nSPS) is 11.8. The summed E-state index contributed by atoms with van der Waals surface area (Å²) in [5.41, 5.74) is 5.18. The second-order valence-corrected chi connectivity index (χ2v) is 7.26. The van der Waals surface area contributed by atoms with Gasteiger partial charge >= 0.3 is 0 Å². The lowest BCUT2D eigenvalue weighted by molar-refractivity contribution is -0.105. The number of carbonyl (C=O) groups excluding carboxylic acids is 1. The molecule has 0 fully saturated rings. The molecule has 3 aromatic carbocycles. The summed E-state index contributed by atoms with van der Waals surface area (Å²) >= 11 is 0. The Hall–Kier alpha value is -3.73. The lowest BCUT2D eigenvalue weighted by atomic mass is 9.86. The number of benzene rings is 3. The zero-order valence-electron chi connectivity index (χ0n) is 16.4. The number of rotatable bonds is 8. The minimum absolute atomic E-state index is 0.178. The minimum Gasteiger partial charge on any atom is -0.345 e. The van der Waals surface area contributed by atoms with Crippen molar-refractivity contribution in [3.05, 3.63) is 108 Å². The maximum Gasteiger partial charge on any atom is 0.211 e. The zero-order valence-corrected chi connectivity index (χ0v) is 16.4. The van der Waals surface area contributed by atoms with Crippen LogP contribution in [0.5, 0.6) is 0 Å². The molecular formula is C25H22FN3O. The molecular weight excluding hydrogens is 377 g/mol. The van der Waals surface area contributed by atoms with Gasteiger partial charge in [-0.3, -0.25) is 4.79 Å².